The fourth-order valence-corrected chi connectivity index (χ4v) is 6.34. The quantitative estimate of drug-likeness (QED) is 0.169. The molecule has 0 aliphatic rings. The van der Waals surface area contributed by atoms with Gasteiger partial charge in [0.1, 0.15) is 11.6 Å². The first-order valence-corrected chi connectivity index (χ1v) is 17.0. The van der Waals surface area contributed by atoms with Crippen molar-refractivity contribution in [2.45, 2.75) is 52.4 Å². The molecule has 0 amide bonds. The molecule has 0 atom stereocenters. The molecular weight excluding hydrogens is 808 g/mol. The van der Waals surface area contributed by atoms with Crippen LogP contribution in [0, 0.1) is 6.07 Å². The number of hydrogen-bond donors (Lipinski definition) is 1. The number of hydrogen-bond acceptors (Lipinski definition) is 5. The Hall–Kier alpha value is -5.12. The molecule has 6 heteroatoms. The van der Waals surface area contributed by atoms with Gasteiger partial charge in [-0.2, -0.15) is 0 Å². The number of pyridine rings is 1. The molecule has 0 saturated carbocycles. The van der Waals surface area contributed by atoms with Gasteiger partial charge in [-0.1, -0.05) is 120 Å². The number of phenolic OH excluding ortho intramolecular Hbond substituents is 1. The predicted molar refractivity (Wildman–Crippen MR) is 206 cm³/mol. The maximum Gasteiger partial charge on any atom is 0.136 e. The molecule has 0 unspecified atom stereocenters. The first-order chi connectivity index (χ1) is 24.0. The van der Waals surface area contributed by atoms with Gasteiger partial charge in [0.2, 0.25) is 0 Å². The summed E-state index contributed by atoms with van der Waals surface area (Å²) >= 11 is 0. The van der Waals surface area contributed by atoms with E-state index in [1.807, 2.05) is 72.9 Å². The normalized spacial score (nSPS) is 11.6. The maximum absolute atomic E-state index is 11.8. The molecule has 0 aliphatic carbocycles. The van der Waals surface area contributed by atoms with Crippen LogP contribution in [-0.4, -0.2) is 20.1 Å². The molecule has 0 radical (unpaired) electrons. The Morgan fingerprint density at radius 2 is 1.37 bits per heavy atom. The summed E-state index contributed by atoms with van der Waals surface area (Å²) in [6.45, 7) is 12.9. The van der Waals surface area contributed by atoms with E-state index in [1.54, 1.807) is 6.20 Å². The van der Waals surface area contributed by atoms with Crippen molar-refractivity contribution in [1.82, 2.24) is 15.0 Å². The standard InChI is InChI=1S/C45H41N4O.Pt/c1-44(2,3)33-27-36(43(50)37(28-33)45(4,5)6)38-29-47-41(31-17-8-7-9-18-31)42(48-38)32-20-14-21-34(26-32)49(40-24-12-13-25-46-40)39-23-15-19-30-16-10-11-22-35(30)39;/h7-25,27-29,50H,1-6H3;/q-1;. The zero-order chi connectivity index (χ0) is 35.0. The Morgan fingerprint density at radius 3 is 2.10 bits per heavy atom. The van der Waals surface area contributed by atoms with Gasteiger partial charge in [0.15, 0.2) is 0 Å². The van der Waals surface area contributed by atoms with Gasteiger partial charge in [0, 0.05) is 49.5 Å². The van der Waals surface area contributed by atoms with Crippen LogP contribution in [0.3, 0.4) is 0 Å². The molecule has 258 valence electrons. The van der Waals surface area contributed by atoms with Gasteiger partial charge in [-0.15, -0.1) is 29.8 Å². The van der Waals surface area contributed by atoms with Crippen molar-refractivity contribution < 1.29 is 26.2 Å². The van der Waals surface area contributed by atoms with E-state index in [0.29, 0.717) is 17.0 Å². The van der Waals surface area contributed by atoms with E-state index in [1.165, 1.54) is 0 Å². The zero-order valence-corrected chi connectivity index (χ0v) is 32.0. The van der Waals surface area contributed by atoms with Crippen molar-refractivity contribution >= 4 is 28.0 Å². The summed E-state index contributed by atoms with van der Waals surface area (Å²) in [6, 6.07) is 44.7. The minimum atomic E-state index is -0.279. The first-order valence-electron chi connectivity index (χ1n) is 17.0. The molecular formula is C45H41N4OPt-. The molecule has 0 spiro atoms. The smallest absolute Gasteiger partial charge is 0.136 e. The van der Waals surface area contributed by atoms with Gasteiger partial charge in [-0.05, 0) is 57.3 Å². The molecule has 0 saturated heterocycles. The van der Waals surface area contributed by atoms with Gasteiger partial charge in [0.25, 0.3) is 0 Å². The van der Waals surface area contributed by atoms with Crippen LogP contribution in [0.4, 0.5) is 17.2 Å². The summed E-state index contributed by atoms with van der Waals surface area (Å²) in [5.41, 5.74) is 7.80. The van der Waals surface area contributed by atoms with Gasteiger partial charge in [0.05, 0.1) is 23.3 Å². The van der Waals surface area contributed by atoms with Crippen LogP contribution in [0.25, 0.3) is 44.5 Å². The largest absolute Gasteiger partial charge is 0.507 e. The van der Waals surface area contributed by atoms with Crippen LogP contribution >= 0.6 is 0 Å². The van der Waals surface area contributed by atoms with Crippen molar-refractivity contribution in [3.8, 4) is 39.5 Å². The number of phenols is 1. The van der Waals surface area contributed by atoms with E-state index in [4.69, 9.17) is 15.0 Å². The van der Waals surface area contributed by atoms with Gasteiger partial charge in [-0.3, -0.25) is 9.97 Å². The Morgan fingerprint density at radius 1 is 0.667 bits per heavy atom. The van der Waals surface area contributed by atoms with Crippen LogP contribution < -0.4 is 4.90 Å². The van der Waals surface area contributed by atoms with Crippen molar-refractivity contribution in [3.63, 3.8) is 0 Å². The summed E-state index contributed by atoms with van der Waals surface area (Å²) in [7, 11) is 0. The third-order valence-electron chi connectivity index (χ3n) is 9.04. The van der Waals surface area contributed by atoms with Crippen LogP contribution in [0.15, 0.2) is 134 Å². The third-order valence-corrected chi connectivity index (χ3v) is 9.04. The molecule has 0 fully saturated rings. The number of aromatic nitrogens is 3. The second kappa shape index (κ2) is 14.2. The number of benzene rings is 5. The van der Waals surface area contributed by atoms with Gasteiger partial charge in [-0.25, -0.2) is 4.98 Å². The number of rotatable bonds is 6. The van der Waals surface area contributed by atoms with E-state index in [9.17, 15) is 5.11 Å². The summed E-state index contributed by atoms with van der Waals surface area (Å²) < 4.78 is 0. The molecule has 51 heavy (non-hydrogen) atoms. The van der Waals surface area contributed by atoms with E-state index < -0.39 is 0 Å². The minimum Gasteiger partial charge on any atom is -0.507 e. The fraction of sp³-hybridized carbons (Fsp3) is 0.178. The van der Waals surface area contributed by atoms with Crippen molar-refractivity contribution in [3.05, 3.63) is 151 Å². The molecule has 0 aliphatic heterocycles. The van der Waals surface area contributed by atoms with E-state index in [2.05, 4.69) is 107 Å². The van der Waals surface area contributed by atoms with Crippen LogP contribution in [0.2, 0.25) is 0 Å². The summed E-state index contributed by atoms with van der Waals surface area (Å²) in [5, 5.41) is 14.0. The number of nitrogens with zero attached hydrogens (tertiary/aromatic N) is 4. The monoisotopic (exact) mass is 848 g/mol. The average Bonchev–Trinajstić information content (AvgIpc) is 3.12. The second-order valence-corrected chi connectivity index (χ2v) is 14.7. The van der Waals surface area contributed by atoms with Gasteiger partial charge >= 0.3 is 0 Å². The Kier molecular flexibility index (Phi) is 9.97. The van der Waals surface area contributed by atoms with Crippen LogP contribution in [-0.2, 0) is 31.9 Å². The molecule has 5 nitrogen and oxygen atoms in total. The second-order valence-electron chi connectivity index (χ2n) is 14.7. The van der Waals surface area contributed by atoms with E-state index in [0.717, 1.165) is 55.9 Å². The summed E-state index contributed by atoms with van der Waals surface area (Å²) in [6.07, 6.45) is 3.59. The van der Waals surface area contributed by atoms with Crippen LogP contribution in [0.1, 0.15) is 52.7 Å². The number of anilines is 3. The molecule has 2 aromatic heterocycles. The Balaban J connectivity index is 0.00000448. The molecule has 7 rings (SSSR count). The van der Waals surface area contributed by atoms with Crippen molar-refractivity contribution in [2.75, 3.05) is 4.90 Å². The SMILES string of the molecule is CC(C)(C)c1cc(-c2cnc(-c3ccccc3)c(-c3[c-]c(N(c4ccccn4)c4cccc5ccccc45)ccc3)n2)c(O)c(C(C)(C)C)c1.[Pt]. The average molecular weight is 849 g/mol. The molecule has 1 N–H and O–H groups in total. The van der Waals surface area contributed by atoms with E-state index in [-0.39, 0.29) is 37.6 Å². The topological polar surface area (TPSA) is 62.1 Å². The molecule has 7 aromatic rings. The Bertz CT molecular complexity index is 2300. The summed E-state index contributed by atoms with van der Waals surface area (Å²) in [4.78, 5) is 17.3. The summed E-state index contributed by atoms with van der Waals surface area (Å²) in [5.74, 6) is 1.01. The number of fused-ring (bicyclic) bond motifs is 1. The molecule has 0 bridgehead atoms. The molecule has 2 heterocycles. The fourth-order valence-electron chi connectivity index (χ4n) is 6.34. The third kappa shape index (κ3) is 7.22. The first kappa shape index (κ1) is 35.7. The van der Waals surface area contributed by atoms with Crippen molar-refractivity contribution in [2.24, 2.45) is 0 Å². The molecule has 5 aromatic carbocycles. The minimum absolute atomic E-state index is 0. The maximum atomic E-state index is 11.8. The van der Waals surface area contributed by atoms with Crippen molar-refractivity contribution in [1.29, 1.82) is 0 Å². The van der Waals surface area contributed by atoms with Gasteiger partial charge < -0.3 is 10.0 Å². The predicted octanol–water partition coefficient (Wildman–Crippen LogP) is 11.6. The number of aromatic hydroxyl groups is 1. The van der Waals surface area contributed by atoms with Crippen LogP contribution in [0.5, 0.6) is 5.75 Å². The Labute approximate surface area is 315 Å². The van der Waals surface area contributed by atoms with E-state index >= 15 is 0 Å². The zero-order valence-electron chi connectivity index (χ0n) is 29.8.